The van der Waals surface area contributed by atoms with Crippen LogP contribution in [0.3, 0.4) is 0 Å². The zero-order valence-corrected chi connectivity index (χ0v) is 12.3. The molecule has 112 valence electrons. The van der Waals surface area contributed by atoms with E-state index >= 15 is 0 Å². The van der Waals surface area contributed by atoms with Gasteiger partial charge >= 0.3 is 12.0 Å². The number of anilines is 1. The Hall–Kier alpha value is -2.55. The second kappa shape index (κ2) is 7.29. The second-order valence-electron chi connectivity index (χ2n) is 5.19. The Morgan fingerprint density at radius 1 is 1.43 bits per heavy atom. The number of benzene rings is 1. The molecule has 0 radical (unpaired) electrons. The molecule has 2 N–H and O–H groups in total. The third kappa shape index (κ3) is 4.80. The van der Waals surface area contributed by atoms with E-state index in [0.29, 0.717) is 17.7 Å². The summed E-state index contributed by atoms with van der Waals surface area (Å²) in [4.78, 5) is 24.6. The van der Waals surface area contributed by atoms with Gasteiger partial charge in [0, 0.05) is 12.7 Å². The highest BCUT2D eigenvalue weighted by molar-refractivity contribution is 5.94. The van der Waals surface area contributed by atoms with Crippen molar-refractivity contribution in [1.82, 2.24) is 5.32 Å². The van der Waals surface area contributed by atoms with Crippen LogP contribution in [0.5, 0.6) is 0 Å². The first-order valence-electron chi connectivity index (χ1n) is 6.62. The predicted molar refractivity (Wildman–Crippen MR) is 79.0 cm³/mol. The lowest BCUT2D eigenvalue weighted by atomic mass is 10.0. The Morgan fingerprint density at radius 2 is 2.10 bits per heavy atom. The largest absolute Gasteiger partial charge is 0.480 e. The van der Waals surface area contributed by atoms with Gasteiger partial charge in [-0.15, -0.1) is 0 Å². The van der Waals surface area contributed by atoms with Gasteiger partial charge in [-0.1, -0.05) is 19.9 Å². The van der Waals surface area contributed by atoms with Crippen LogP contribution >= 0.6 is 0 Å². The molecule has 6 heteroatoms. The van der Waals surface area contributed by atoms with Gasteiger partial charge in [0.25, 0.3) is 0 Å². The molecule has 0 heterocycles. The summed E-state index contributed by atoms with van der Waals surface area (Å²) in [7, 11) is 1.53. The van der Waals surface area contributed by atoms with E-state index in [-0.39, 0.29) is 5.92 Å². The summed E-state index contributed by atoms with van der Waals surface area (Å²) in [5.41, 5.74) is 0.962. The maximum Gasteiger partial charge on any atom is 0.326 e. The van der Waals surface area contributed by atoms with Crippen LogP contribution in [-0.4, -0.2) is 30.2 Å². The fraction of sp³-hybridized carbons (Fsp3) is 0.400. The normalized spacial score (nSPS) is 11.6. The smallest absolute Gasteiger partial charge is 0.326 e. The lowest BCUT2D eigenvalue weighted by Gasteiger charge is -2.22. The maximum atomic E-state index is 12.1. The van der Waals surface area contributed by atoms with Crippen molar-refractivity contribution in [2.75, 3.05) is 11.9 Å². The number of nitriles is 1. The van der Waals surface area contributed by atoms with Gasteiger partial charge in [-0.2, -0.15) is 5.26 Å². The molecule has 0 aliphatic carbocycles. The average Bonchev–Trinajstić information content (AvgIpc) is 2.45. The van der Waals surface area contributed by atoms with Gasteiger partial charge in [-0.3, -0.25) is 4.90 Å². The quantitative estimate of drug-likeness (QED) is 0.869. The summed E-state index contributed by atoms with van der Waals surface area (Å²) >= 11 is 0. The van der Waals surface area contributed by atoms with Crippen LogP contribution in [-0.2, 0) is 4.79 Å². The lowest BCUT2D eigenvalue weighted by molar-refractivity contribution is -0.139. The first-order chi connectivity index (χ1) is 9.85. The molecule has 0 aliphatic heterocycles. The van der Waals surface area contributed by atoms with Crippen LogP contribution in [0.2, 0.25) is 0 Å². The molecule has 1 atom stereocenters. The first kappa shape index (κ1) is 16.5. The molecule has 6 nitrogen and oxygen atoms in total. The van der Waals surface area contributed by atoms with E-state index in [4.69, 9.17) is 10.4 Å². The Balaban J connectivity index is 2.81. The number of aliphatic carboxylic acids is 1. The van der Waals surface area contributed by atoms with E-state index in [1.165, 1.54) is 11.9 Å². The minimum Gasteiger partial charge on any atom is -0.480 e. The van der Waals surface area contributed by atoms with Crippen LogP contribution in [0.15, 0.2) is 24.3 Å². The number of hydrogen-bond acceptors (Lipinski definition) is 3. The van der Waals surface area contributed by atoms with Crippen LogP contribution in [0.4, 0.5) is 10.5 Å². The lowest BCUT2D eigenvalue weighted by Crippen LogP contribution is -2.47. The molecular weight excluding hydrogens is 270 g/mol. The molecule has 0 aromatic heterocycles. The van der Waals surface area contributed by atoms with Crippen LogP contribution < -0.4 is 10.2 Å². The Morgan fingerprint density at radius 3 is 2.62 bits per heavy atom. The monoisotopic (exact) mass is 289 g/mol. The number of carbonyl (C=O) groups is 2. The van der Waals surface area contributed by atoms with E-state index in [2.05, 4.69) is 5.32 Å². The van der Waals surface area contributed by atoms with E-state index in [9.17, 15) is 9.59 Å². The van der Waals surface area contributed by atoms with Crippen LogP contribution in [0, 0.1) is 17.2 Å². The van der Waals surface area contributed by atoms with Gasteiger partial charge < -0.3 is 10.4 Å². The number of nitrogens with one attached hydrogen (secondary N) is 1. The standard InChI is InChI=1S/C15H19N3O3/c1-10(2)7-13(14(19)20)17-15(21)18(3)12-6-4-5-11(8-12)9-16/h4-6,8,10,13H,7H2,1-3H3,(H,17,21)(H,19,20)/t13-/m1/s1. The fourth-order valence-corrected chi connectivity index (χ4v) is 1.84. The third-order valence-electron chi connectivity index (χ3n) is 2.97. The van der Waals surface area contributed by atoms with E-state index < -0.39 is 18.0 Å². The number of carbonyl (C=O) groups excluding carboxylic acids is 1. The number of nitrogens with zero attached hydrogens (tertiary/aromatic N) is 2. The summed E-state index contributed by atoms with van der Waals surface area (Å²) in [5.74, 6) is -0.908. The van der Waals surface area contributed by atoms with Gasteiger partial charge in [-0.25, -0.2) is 9.59 Å². The number of carboxylic acid groups (broad SMARTS) is 1. The summed E-state index contributed by atoms with van der Waals surface area (Å²) in [5, 5.41) is 20.5. The number of carboxylic acids is 1. The van der Waals surface area contributed by atoms with Crippen LogP contribution in [0.1, 0.15) is 25.8 Å². The van der Waals surface area contributed by atoms with Crippen molar-refractivity contribution in [3.63, 3.8) is 0 Å². The minimum atomic E-state index is -1.06. The number of amides is 2. The van der Waals surface area contributed by atoms with Crippen molar-refractivity contribution in [2.45, 2.75) is 26.3 Å². The summed E-state index contributed by atoms with van der Waals surface area (Å²) in [6.07, 6.45) is 0.354. The van der Waals surface area contributed by atoms with E-state index in [1.807, 2.05) is 19.9 Å². The van der Waals surface area contributed by atoms with Crippen molar-refractivity contribution in [3.05, 3.63) is 29.8 Å². The molecule has 0 fully saturated rings. The highest BCUT2D eigenvalue weighted by atomic mass is 16.4. The molecule has 2 amide bonds. The molecular formula is C15H19N3O3. The molecule has 21 heavy (non-hydrogen) atoms. The van der Waals surface area contributed by atoms with Gasteiger partial charge in [0.2, 0.25) is 0 Å². The summed E-state index contributed by atoms with van der Waals surface area (Å²) in [6, 6.07) is 7.09. The predicted octanol–water partition coefficient (Wildman–Crippen LogP) is 2.20. The van der Waals surface area contributed by atoms with Crippen LogP contribution in [0.25, 0.3) is 0 Å². The maximum absolute atomic E-state index is 12.1. The molecule has 0 bridgehead atoms. The summed E-state index contributed by atoms with van der Waals surface area (Å²) < 4.78 is 0. The average molecular weight is 289 g/mol. The van der Waals surface area contributed by atoms with Crippen molar-refractivity contribution in [3.8, 4) is 6.07 Å². The molecule has 0 saturated carbocycles. The Bertz CT molecular complexity index is 564. The topological polar surface area (TPSA) is 93.4 Å². The van der Waals surface area contributed by atoms with E-state index in [1.54, 1.807) is 24.3 Å². The van der Waals surface area contributed by atoms with Crippen molar-refractivity contribution in [1.29, 1.82) is 5.26 Å². The SMILES string of the molecule is CC(C)C[C@@H](NC(=O)N(C)c1cccc(C#N)c1)C(=O)O. The van der Waals surface area contributed by atoms with Gasteiger partial charge in [0.15, 0.2) is 0 Å². The van der Waals surface area contributed by atoms with Gasteiger partial charge in [0.1, 0.15) is 6.04 Å². The van der Waals surface area contributed by atoms with Crippen molar-refractivity contribution < 1.29 is 14.7 Å². The molecule has 0 saturated heterocycles. The number of rotatable bonds is 5. The van der Waals surface area contributed by atoms with E-state index in [0.717, 1.165) is 0 Å². The Labute approximate surface area is 124 Å². The molecule has 0 aliphatic rings. The molecule has 1 rings (SSSR count). The number of urea groups is 1. The molecule has 1 aromatic carbocycles. The highest BCUT2D eigenvalue weighted by Crippen LogP contribution is 2.15. The van der Waals surface area contributed by atoms with Crippen molar-refractivity contribution >= 4 is 17.7 Å². The Kier molecular flexibility index (Phi) is 5.73. The molecule has 0 spiro atoms. The number of hydrogen-bond donors (Lipinski definition) is 2. The first-order valence-corrected chi connectivity index (χ1v) is 6.62. The molecule has 0 unspecified atom stereocenters. The van der Waals surface area contributed by atoms with Gasteiger partial charge in [-0.05, 0) is 30.5 Å². The fourth-order valence-electron chi connectivity index (χ4n) is 1.84. The molecule has 1 aromatic rings. The van der Waals surface area contributed by atoms with Crippen molar-refractivity contribution in [2.24, 2.45) is 5.92 Å². The zero-order valence-electron chi connectivity index (χ0n) is 12.3. The highest BCUT2D eigenvalue weighted by Gasteiger charge is 2.23. The summed E-state index contributed by atoms with van der Waals surface area (Å²) in [6.45, 7) is 3.78. The van der Waals surface area contributed by atoms with Gasteiger partial charge in [0.05, 0.1) is 11.6 Å². The second-order valence-corrected chi connectivity index (χ2v) is 5.19. The minimum absolute atomic E-state index is 0.152. The zero-order chi connectivity index (χ0) is 16.0. The third-order valence-corrected chi connectivity index (χ3v) is 2.97.